The first-order valence-corrected chi connectivity index (χ1v) is 8.02. The van der Waals surface area contributed by atoms with Gasteiger partial charge >= 0.3 is 0 Å². The third-order valence-electron chi connectivity index (χ3n) is 3.82. The molecule has 3 nitrogen and oxygen atoms in total. The molecule has 2 aromatic rings. The van der Waals surface area contributed by atoms with E-state index in [4.69, 9.17) is 11.6 Å². The first-order chi connectivity index (χ1) is 10.4. The number of amides is 1. The van der Waals surface area contributed by atoms with Gasteiger partial charge in [0.2, 0.25) is 0 Å². The number of nitrogens with one attached hydrogen (secondary N) is 1. The minimum atomic E-state index is -0.194. The maximum Gasteiger partial charge on any atom is 0.275 e. The second-order valence-corrected chi connectivity index (χ2v) is 6.66. The van der Waals surface area contributed by atoms with Crippen molar-refractivity contribution >= 4 is 50.5 Å². The Balaban J connectivity index is 2.17. The van der Waals surface area contributed by atoms with Gasteiger partial charge in [0.25, 0.3) is 5.91 Å². The van der Waals surface area contributed by atoms with Crippen LogP contribution in [0.5, 0.6) is 0 Å². The summed E-state index contributed by atoms with van der Waals surface area (Å²) in [5.41, 5.74) is 5.73. The third kappa shape index (κ3) is 2.46. The summed E-state index contributed by atoms with van der Waals surface area (Å²) in [6, 6.07) is 7.61. The van der Waals surface area contributed by atoms with Gasteiger partial charge in [0.05, 0.1) is 11.4 Å². The number of benzene rings is 2. The summed E-state index contributed by atoms with van der Waals surface area (Å²) in [6.45, 7) is 5.86. The second kappa shape index (κ2) is 5.52. The van der Waals surface area contributed by atoms with Gasteiger partial charge in [0.15, 0.2) is 0 Å². The summed E-state index contributed by atoms with van der Waals surface area (Å²) in [5.74, 6) is -0.194. The Hall–Kier alpha value is -1.65. The molecule has 112 valence electrons. The topological polar surface area (TPSA) is 41.5 Å². The number of anilines is 1. The van der Waals surface area contributed by atoms with E-state index in [1.54, 1.807) is 6.07 Å². The maximum absolute atomic E-state index is 12.3. The van der Waals surface area contributed by atoms with E-state index < -0.39 is 0 Å². The van der Waals surface area contributed by atoms with Crippen LogP contribution >= 0.6 is 27.5 Å². The predicted molar refractivity (Wildman–Crippen MR) is 94.6 cm³/mol. The van der Waals surface area contributed by atoms with E-state index >= 15 is 0 Å². The van der Waals surface area contributed by atoms with E-state index in [0.29, 0.717) is 10.7 Å². The van der Waals surface area contributed by atoms with Gasteiger partial charge in [-0.2, -0.15) is 0 Å². The molecule has 0 radical (unpaired) electrons. The number of rotatable bonds is 1. The van der Waals surface area contributed by atoms with Crippen LogP contribution in [-0.2, 0) is 4.79 Å². The number of aryl methyl sites for hydroxylation is 2. The van der Waals surface area contributed by atoms with Crippen LogP contribution in [0.25, 0.3) is 0 Å². The Morgan fingerprint density at radius 1 is 1.14 bits per heavy atom. The van der Waals surface area contributed by atoms with Crippen LogP contribution in [0, 0.1) is 20.8 Å². The van der Waals surface area contributed by atoms with E-state index in [1.807, 2.05) is 39.0 Å². The highest BCUT2D eigenvalue weighted by molar-refractivity contribution is 9.10. The fraction of sp³-hybridized carbons (Fsp3) is 0.176. The first kappa shape index (κ1) is 15.3. The van der Waals surface area contributed by atoms with Gasteiger partial charge in [-0.3, -0.25) is 4.79 Å². The van der Waals surface area contributed by atoms with Crippen LogP contribution in [0.4, 0.5) is 11.4 Å². The molecule has 1 N–H and O–H groups in total. The average molecular weight is 378 g/mol. The SMILES string of the molecule is Cc1cc(N=C2C(=O)Nc3c2ccc(Cl)c3C)c(C)cc1Br. The van der Waals surface area contributed by atoms with Gasteiger partial charge in [0, 0.05) is 15.1 Å². The zero-order valence-corrected chi connectivity index (χ0v) is 14.8. The Labute approximate surface area is 142 Å². The number of aliphatic imine (C=N–C) groups is 1. The fourth-order valence-electron chi connectivity index (χ4n) is 2.46. The van der Waals surface area contributed by atoms with Crippen LogP contribution in [-0.4, -0.2) is 11.6 Å². The molecule has 0 atom stereocenters. The fourth-order valence-corrected chi connectivity index (χ4v) is 3.07. The molecule has 0 aliphatic carbocycles. The minimum Gasteiger partial charge on any atom is -0.320 e. The van der Waals surface area contributed by atoms with Crippen LogP contribution in [0.3, 0.4) is 0 Å². The van der Waals surface area contributed by atoms with Crippen molar-refractivity contribution in [1.29, 1.82) is 0 Å². The summed E-state index contributed by atoms with van der Waals surface area (Å²) in [7, 11) is 0. The molecule has 0 spiro atoms. The van der Waals surface area contributed by atoms with Crippen molar-refractivity contribution < 1.29 is 4.79 Å². The van der Waals surface area contributed by atoms with Crippen molar-refractivity contribution in [3.05, 3.63) is 56.0 Å². The molecule has 2 aromatic carbocycles. The highest BCUT2D eigenvalue weighted by Gasteiger charge is 2.28. The van der Waals surface area contributed by atoms with Crippen molar-refractivity contribution in [3.63, 3.8) is 0 Å². The molecular weight excluding hydrogens is 364 g/mol. The molecule has 0 bridgehead atoms. The maximum atomic E-state index is 12.3. The summed E-state index contributed by atoms with van der Waals surface area (Å²) in [6.07, 6.45) is 0. The zero-order valence-electron chi connectivity index (χ0n) is 12.4. The van der Waals surface area contributed by atoms with Crippen LogP contribution in [0.1, 0.15) is 22.3 Å². The molecule has 0 saturated carbocycles. The molecule has 0 unspecified atom stereocenters. The predicted octanol–water partition coefficient (Wildman–Crippen LogP) is 5.10. The Kier molecular flexibility index (Phi) is 3.83. The molecule has 0 fully saturated rings. The lowest BCUT2D eigenvalue weighted by atomic mass is 10.1. The number of halogens is 2. The molecule has 5 heteroatoms. The molecule has 1 heterocycles. The van der Waals surface area contributed by atoms with Gasteiger partial charge in [-0.25, -0.2) is 4.99 Å². The lowest BCUT2D eigenvalue weighted by Crippen LogP contribution is -2.14. The minimum absolute atomic E-state index is 0.194. The van der Waals surface area contributed by atoms with E-state index in [9.17, 15) is 4.79 Å². The highest BCUT2D eigenvalue weighted by Crippen LogP contribution is 2.34. The van der Waals surface area contributed by atoms with Gasteiger partial charge < -0.3 is 5.32 Å². The molecule has 22 heavy (non-hydrogen) atoms. The summed E-state index contributed by atoms with van der Waals surface area (Å²) in [4.78, 5) is 16.9. The number of hydrogen-bond donors (Lipinski definition) is 1. The van der Waals surface area contributed by atoms with Gasteiger partial charge in [-0.1, -0.05) is 27.5 Å². The smallest absolute Gasteiger partial charge is 0.275 e. The van der Waals surface area contributed by atoms with Crippen molar-refractivity contribution in [2.45, 2.75) is 20.8 Å². The highest BCUT2D eigenvalue weighted by atomic mass is 79.9. The molecule has 1 amide bonds. The normalized spacial score (nSPS) is 15.1. The molecular formula is C17H14BrClN2O. The standard InChI is InChI=1S/C17H14BrClN2O/c1-8-7-14(9(2)6-12(8)18)20-16-11-4-5-13(19)10(3)15(11)21-17(16)22/h4-7H,1-3H3,(H,20,21,22). The molecule has 1 aliphatic rings. The number of hydrogen-bond acceptors (Lipinski definition) is 2. The van der Waals surface area contributed by atoms with Gasteiger partial charge in [0.1, 0.15) is 5.71 Å². The quantitative estimate of drug-likeness (QED) is 0.738. The Morgan fingerprint density at radius 2 is 1.86 bits per heavy atom. The average Bonchev–Trinajstić information content (AvgIpc) is 2.78. The van der Waals surface area contributed by atoms with Crippen molar-refractivity contribution in [2.24, 2.45) is 4.99 Å². The molecule has 0 aromatic heterocycles. The number of nitrogens with zero attached hydrogens (tertiary/aromatic N) is 1. The van der Waals surface area contributed by atoms with Gasteiger partial charge in [-0.15, -0.1) is 0 Å². The molecule has 3 rings (SSSR count). The van der Waals surface area contributed by atoms with Crippen LogP contribution in [0.15, 0.2) is 33.7 Å². The number of fused-ring (bicyclic) bond motifs is 1. The largest absolute Gasteiger partial charge is 0.320 e. The lowest BCUT2D eigenvalue weighted by Gasteiger charge is -2.06. The summed E-state index contributed by atoms with van der Waals surface area (Å²) >= 11 is 9.62. The Bertz CT molecular complexity index is 843. The number of carbonyl (C=O) groups is 1. The monoisotopic (exact) mass is 376 g/mol. The van der Waals surface area contributed by atoms with E-state index in [2.05, 4.69) is 26.2 Å². The van der Waals surface area contributed by atoms with Crippen molar-refractivity contribution in [3.8, 4) is 0 Å². The van der Waals surface area contributed by atoms with E-state index in [-0.39, 0.29) is 5.91 Å². The van der Waals surface area contributed by atoms with Crippen LogP contribution < -0.4 is 5.32 Å². The van der Waals surface area contributed by atoms with Crippen molar-refractivity contribution in [2.75, 3.05) is 5.32 Å². The molecule has 1 aliphatic heterocycles. The summed E-state index contributed by atoms with van der Waals surface area (Å²) in [5, 5.41) is 3.49. The van der Waals surface area contributed by atoms with Crippen molar-refractivity contribution in [1.82, 2.24) is 0 Å². The van der Waals surface area contributed by atoms with E-state index in [0.717, 1.165) is 38.1 Å². The first-order valence-electron chi connectivity index (χ1n) is 6.84. The third-order valence-corrected chi connectivity index (χ3v) is 5.08. The Morgan fingerprint density at radius 3 is 2.59 bits per heavy atom. The number of carbonyl (C=O) groups excluding carboxylic acids is 1. The second-order valence-electron chi connectivity index (χ2n) is 5.40. The lowest BCUT2D eigenvalue weighted by molar-refractivity contribution is -0.110. The van der Waals surface area contributed by atoms with Gasteiger partial charge in [-0.05, 0) is 61.7 Å². The zero-order chi connectivity index (χ0) is 16.0. The molecule has 0 saturated heterocycles. The summed E-state index contributed by atoms with van der Waals surface area (Å²) < 4.78 is 1.04. The van der Waals surface area contributed by atoms with Crippen LogP contribution in [0.2, 0.25) is 5.02 Å². The van der Waals surface area contributed by atoms with E-state index in [1.165, 1.54) is 0 Å².